The van der Waals surface area contributed by atoms with Crippen molar-refractivity contribution in [3.63, 3.8) is 0 Å². The zero-order valence-electron chi connectivity index (χ0n) is 9.86. The molecule has 0 radical (unpaired) electrons. The number of nitrogen functional groups attached to an aromatic ring is 1. The minimum atomic E-state index is -5.02. The lowest BCUT2D eigenvalue weighted by atomic mass is 10.1. The number of hydrogen-bond acceptors (Lipinski definition) is 3. The fraction of sp³-hybridized carbons (Fsp3) is 0.500. The highest BCUT2D eigenvalue weighted by Crippen LogP contribution is 2.41. The first kappa shape index (κ1) is 15.4. The van der Waals surface area contributed by atoms with Gasteiger partial charge in [-0.1, -0.05) is 0 Å². The fourth-order valence-corrected chi connectivity index (χ4v) is 1.25. The fourth-order valence-electron chi connectivity index (χ4n) is 1.25. The van der Waals surface area contributed by atoms with Gasteiger partial charge < -0.3 is 10.5 Å². The highest BCUT2D eigenvalue weighted by Gasteiger charge is 2.41. The number of ether oxygens (including phenoxy) is 1. The number of halogens is 6. The van der Waals surface area contributed by atoms with E-state index in [1.54, 1.807) is 0 Å². The van der Waals surface area contributed by atoms with Gasteiger partial charge in [-0.15, -0.1) is 0 Å². The number of pyridine rings is 1. The average molecular weight is 288 g/mol. The number of nitrogens with two attached hydrogens (primary N) is 1. The molecule has 0 spiro atoms. The Bertz CT molecular complexity index is 466. The number of nitrogens with zero attached hydrogens (tertiary/aromatic N) is 1. The number of rotatable bonds is 2. The van der Waals surface area contributed by atoms with Crippen molar-refractivity contribution in [2.75, 3.05) is 5.73 Å². The largest absolute Gasteiger partial charge is 0.474 e. The summed E-state index contributed by atoms with van der Waals surface area (Å²) in [6, 6.07) is -0.0972. The van der Waals surface area contributed by atoms with Crippen LogP contribution in [0.3, 0.4) is 0 Å². The van der Waals surface area contributed by atoms with E-state index in [-0.39, 0.29) is 6.07 Å². The van der Waals surface area contributed by atoms with Crippen molar-refractivity contribution in [2.24, 2.45) is 0 Å². The Hall–Kier alpha value is -1.67. The van der Waals surface area contributed by atoms with Gasteiger partial charge in [0.25, 0.3) is 0 Å². The summed E-state index contributed by atoms with van der Waals surface area (Å²) in [7, 11) is 0. The van der Waals surface area contributed by atoms with E-state index in [9.17, 15) is 26.3 Å². The molecule has 2 N–H and O–H groups in total. The molecule has 19 heavy (non-hydrogen) atoms. The first-order chi connectivity index (χ1) is 8.43. The normalized spacial score (nSPS) is 12.9. The molecule has 0 saturated carbocycles. The maximum Gasteiger partial charge on any atom is 0.421 e. The lowest BCUT2D eigenvalue weighted by Crippen LogP contribution is -2.19. The van der Waals surface area contributed by atoms with E-state index in [0.29, 0.717) is 0 Å². The first-order valence-corrected chi connectivity index (χ1v) is 5.04. The van der Waals surface area contributed by atoms with E-state index >= 15 is 0 Å². The number of aromatic nitrogens is 1. The predicted molar refractivity (Wildman–Crippen MR) is 54.4 cm³/mol. The standard InChI is InChI=1S/C10H10F6N2O/c1-4(2)19-8-6(10(14,15)16)3-5(7(17)18-8)9(11,12)13/h3-4H,1-2H3,(H2,17,18). The molecule has 0 aromatic carbocycles. The van der Waals surface area contributed by atoms with E-state index in [1.807, 2.05) is 0 Å². The molecule has 1 heterocycles. The van der Waals surface area contributed by atoms with E-state index < -0.39 is 41.3 Å². The number of alkyl halides is 6. The van der Waals surface area contributed by atoms with E-state index in [4.69, 9.17) is 10.5 Å². The Morgan fingerprint density at radius 2 is 1.53 bits per heavy atom. The predicted octanol–water partition coefficient (Wildman–Crippen LogP) is 3.49. The second-order valence-electron chi connectivity index (χ2n) is 3.94. The average Bonchev–Trinajstić information content (AvgIpc) is 2.11. The van der Waals surface area contributed by atoms with Crippen LogP contribution in [0.25, 0.3) is 0 Å². The van der Waals surface area contributed by atoms with E-state index in [2.05, 4.69) is 4.98 Å². The van der Waals surface area contributed by atoms with Gasteiger partial charge in [0.2, 0.25) is 5.88 Å². The lowest BCUT2D eigenvalue weighted by molar-refractivity contribution is -0.144. The molecule has 0 aliphatic rings. The van der Waals surface area contributed by atoms with Crippen molar-refractivity contribution in [1.29, 1.82) is 0 Å². The molecule has 0 aliphatic heterocycles. The highest BCUT2D eigenvalue weighted by atomic mass is 19.4. The molecular weight excluding hydrogens is 278 g/mol. The maximum absolute atomic E-state index is 12.7. The summed E-state index contributed by atoms with van der Waals surface area (Å²) in [4.78, 5) is 3.06. The van der Waals surface area contributed by atoms with Gasteiger partial charge in [-0.05, 0) is 19.9 Å². The van der Waals surface area contributed by atoms with Gasteiger partial charge in [0.15, 0.2) is 0 Å². The SMILES string of the molecule is CC(C)Oc1nc(N)c(C(F)(F)F)cc1C(F)(F)F. The zero-order chi connectivity index (χ0) is 15.0. The Labute approximate surface area is 104 Å². The van der Waals surface area contributed by atoms with Crippen LogP contribution in [0, 0.1) is 0 Å². The first-order valence-electron chi connectivity index (χ1n) is 5.04. The smallest absolute Gasteiger partial charge is 0.421 e. The van der Waals surface area contributed by atoms with E-state index in [1.165, 1.54) is 13.8 Å². The van der Waals surface area contributed by atoms with Crippen LogP contribution in [0.2, 0.25) is 0 Å². The molecule has 9 heteroatoms. The molecule has 0 atom stereocenters. The molecule has 3 nitrogen and oxygen atoms in total. The Morgan fingerprint density at radius 3 is 1.89 bits per heavy atom. The molecule has 108 valence electrons. The molecule has 0 unspecified atom stereocenters. The summed E-state index contributed by atoms with van der Waals surface area (Å²) in [5.41, 5.74) is 1.77. The van der Waals surface area contributed by atoms with Gasteiger partial charge >= 0.3 is 12.4 Å². The van der Waals surface area contributed by atoms with Crippen molar-refractivity contribution >= 4 is 5.82 Å². The van der Waals surface area contributed by atoms with Crippen molar-refractivity contribution < 1.29 is 31.1 Å². The topological polar surface area (TPSA) is 48.1 Å². The molecule has 0 bridgehead atoms. The van der Waals surface area contributed by atoms with Crippen LogP contribution < -0.4 is 10.5 Å². The minimum Gasteiger partial charge on any atom is -0.474 e. The molecule has 0 fully saturated rings. The second kappa shape index (κ2) is 4.78. The van der Waals surface area contributed by atoms with Gasteiger partial charge in [0, 0.05) is 0 Å². The second-order valence-corrected chi connectivity index (χ2v) is 3.94. The van der Waals surface area contributed by atoms with Crippen molar-refractivity contribution in [3.05, 3.63) is 17.2 Å². The molecule has 0 amide bonds. The van der Waals surface area contributed by atoms with Crippen molar-refractivity contribution in [1.82, 2.24) is 4.98 Å². The maximum atomic E-state index is 12.7. The van der Waals surface area contributed by atoms with Gasteiger partial charge in [0.1, 0.15) is 11.4 Å². The van der Waals surface area contributed by atoms with Crippen LogP contribution in [0.15, 0.2) is 6.07 Å². The highest BCUT2D eigenvalue weighted by molar-refractivity contribution is 5.48. The Balaban J connectivity index is 3.46. The summed E-state index contributed by atoms with van der Waals surface area (Å²) in [5.74, 6) is -2.02. The van der Waals surface area contributed by atoms with Crippen LogP contribution in [-0.2, 0) is 12.4 Å². The van der Waals surface area contributed by atoms with E-state index in [0.717, 1.165) is 0 Å². The number of hydrogen-bond donors (Lipinski definition) is 1. The minimum absolute atomic E-state index is 0.0972. The molecular formula is C10H10F6N2O. The molecule has 0 saturated heterocycles. The summed E-state index contributed by atoms with van der Waals surface area (Å²) in [6.07, 6.45) is -10.7. The van der Waals surface area contributed by atoms with Gasteiger partial charge in [0.05, 0.1) is 11.7 Å². The van der Waals surface area contributed by atoms with Crippen LogP contribution in [0.1, 0.15) is 25.0 Å². The third-order valence-electron chi connectivity index (χ3n) is 1.98. The summed E-state index contributed by atoms with van der Waals surface area (Å²) in [6.45, 7) is 2.82. The molecule has 1 aromatic heterocycles. The summed E-state index contributed by atoms with van der Waals surface area (Å²) >= 11 is 0. The Kier molecular flexibility index (Phi) is 3.87. The molecule has 0 aliphatic carbocycles. The third kappa shape index (κ3) is 3.65. The lowest BCUT2D eigenvalue weighted by Gasteiger charge is -2.18. The van der Waals surface area contributed by atoms with Crippen LogP contribution >= 0.6 is 0 Å². The van der Waals surface area contributed by atoms with Crippen molar-refractivity contribution in [3.8, 4) is 5.88 Å². The molecule has 1 aromatic rings. The summed E-state index contributed by atoms with van der Waals surface area (Å²) < 4.78 is 80.2. The molecule has 1 rings (SSSR count). The summed E-state index contributed by atoms with van der Waals surface area (Å²) in [5, 5.41) is 0. The zero-order valence-corrected chi connectivity index (χ0v) is 9.86. The van der Waals surface area contributed by atoms with Gasteiger partial charge in [-0.3, -0.25) is 0 Å². The van der Waals surface area contributed by atoms with Crippen molar-refractivity contribution in [2.45, 2.75) is 32.3 Å². The van der Waals surface area contributed by atoms with Crippen LogP contribution in [-0.4, -0.2) is 11.1 Å². The van der Waals surface area contributed by atoms with Gasteiger partial charge in [-0.2, -0.15) is 31.3 Å². The monoisotopic (exact) mass is 288 g/mol. The van der Waals surface area contributed by atoms with Crippen LogP contribution in [0.4, 0.5) is 32.2 Å². The number of anilines is 1. The quantitative estimate of drug-likeness (QED) is 0.847. The Morgan fingerprint density at radius 1 is 1.05 bits per heavy atom. The van der Waals surface area contributed by atoms with Gasteiger partial charge in [-0.25, -0.2) is 0 Å². The third-order valence-corrected chi connectivity index (χ3v) is 1.98. The van der Waals surface area contributed by atoms with Crippen LogP contribution in [0.5, 0.6) is 5.88 Å².